The molecule has 0 fully saturated rings. The van der Waals surface area contributed by atoms with Gasteiger partial charge in [-0.2, -0.15) is 0 Å². The van der Waals surface area contributed by atoms with Crippen LogP contribution in [0.25, 0.3) is 0 Å². The molecule has 2 aromatic carbocycles. The molecule has 0 bridgehead atoms. The topological polar surface area (TPSA) is 58.6 Å². The van der Waals surface area contributed by atoms with Crippen LogP contribution in [0.3, 0.4) is 0 Å². The molecule has 0 aliphatic carbocycles. The third-order valence-electron chi connectivity index (χ3n) is 3.57. The number of carbonyl (C=O) groups is 2. The molecule has 5 heteroatoms. The molecule has 26 heavy (non-hydrogen) atoms. The van der Waals surface area contributed by atoms with Gasteiger partial charge in [0.05, 0.1) is 5.56 Å². The lowest BCUT2D eigenvalue weighted by molar-refractivity contribution is -0.132. The molecule has 0 radical (unpaired) electrons. The van der Waals surface area contributed by atoms with Crippen LogP contribution in [0.2, 0.25) is 0 Å². The van der Waals surface area contributed by atoms with Crippen molar-refractivity contribution in [2.24, 2.45) is 0 Å². The van der Waals surface area contributed by atoms with Gasteiger partial charge in [0.25, 0.3) is 11.8 Å². The lowest BCUT2D eigenvalue weighted by atomic mass is 10.2. The Labute approximate surface area is 153 Å². The summed E-state index contributed by atoms with van der Waals surface area (Å²) in [6, 6.07) is 16.0. The fourth-order valence-electron chi connectivity index (χ4n) is 2.32. The number of nitrogens with one attached hydrogen (secondary N) is 1. The maximum atomic E-state index is 12.5. The Bertz CT molecular complexity index is 762. The second-order valence-electron chi connectivity index (χ2n) is 5.48. The summed E-state index contributed by atoms with van der Waals surface area (Å²) < 4.78 is 5.61. The summed E-state index contributed by atoms with van der Waals surface area (Å²) in [4.78, 5) is 26.3. The Morgan fingerprint density at radius 2 is 1.58 bits per heavy atom. The lowest BCUT2D eigenvalue weighted by Gasteiger charge is -2.20. The fraction of sp³-hybridized carbons (Fsp3) is 0.143. The number of hydrogen-bond donors (Lipinski definition) is 1. The summed E-state index contributed by atoms with van der Waals surface area (Å²) in [5, 5.41) is 2.81. The molecule has 0 unspecified atom stereocenters. The smallest absolute Gasteiger partial charge is 0.261 e. The number of benzene rings is 2. The minimum atomic E-state index is -0.298. The molecule has 134 valence electrons. The Morgan fingerprint density at radius 1 is 0.962 bits per heavy atom. The van der Waals surface area contributed by atoms with Crippen LogP contribution < -0.4 is 10.1 Å². The van der Waals surface area contributed by atoms with Gasteiger partial charge < -0.3 is 15.0 Å². The summed E-state index contributed by atoms with van der Waals surface area (Å²) in [7, 11) is 0. The van der Waals surface area contributed by atoms with Crippen molar-refractivity contribution < 1.29 is 14.3 Å². The largest absolute Gasteiger partial charge is 0.483 e. The minimum absolute atomic E-state index is 0.169. The number of ether oxygens (including phenoxy) is 1. The van der Waals surface area contributed by atoms with Gasteiger partial charge in [-0.3, -0.25) is 9.59 Å². The van der Waals surface area contributed by atoms with E-state index in [2.05, 4.69) is 18.5 Å². The van der Waals surface area contributed by atoms with Crippen molar-refractivity contribution in [1.29, 1.82) is 0 Å². The zero-order valence-electron chi connectivity index (χ0n) is 14.6. The molecule has 0 atom stereocenters. The van der Waals surface area contributed by atoms with Gasteiger partial charge in [-0.1, -0.05) is 42.5 Å². The van der Waals surface area contributed by atoms with Gasteiger partial charge in [0.1, 0.15) is 5.75 Å². The first-order valence-electron chi connectivity index (χ1n) is 8.23. The van der Waals surface area contributed by atoms with Gasteiger partial charge in [-0.15, -0.1) is 13.2 Å². The van der Waals surface area contributed by atoms with Gasteiger partial charge >= 0.3 is 0 Å². The van der Waals surface area contributed by atoms with Crippen molar-refractivity contribution in [3.8, 4) is 5.75 Å². The predicted molar refractivity (Wildman–Crippen MR) is 103 cm³/mol. The Hall–Kier alpha value is -3.34. The highest BCUT2D eigenvalue weighted by atomic mass is 16.5. The quantitative estimate of drug-likeness (QED) is 0.704. The monoisotopic (exact) mass is 350 g/mol. The van der Waals surface area contributed by atoms with Crippen molar-refractivity contribution in [2.45, 2.75) is 0 Å². The number of carbonyl (C=O) groups excluding carboxylic acids is 2. The molecule has 1 N–H and O–H groups in total. The number of amides is 2. The molecular formula is C21H22N2O3. The van der Waals surface area contributed by atoms with Crippen molar-refractivity contribution in [1.82, 2.24) is 4.90 Å². The average Bonchev–Trinajstić information content (AvgIpc) is 2.67. The molecule has 0 saturated heterocycles. The third-order valence-corrected chi connectivity index (χ3v) is 3.57. The van der Waals surface area contributed by atoms with E-state index in [1.165, 1.54) is 0 Å². The van der Waals surface area contributed by atoms with Crippen LogP contribution in [0.4, 0.5) is 5.69 Å². The van der Waals surface area contributed by atoms with Crippen molar-refractivity contribution in [3.05, 3.63) is 85.5 Å². The highest BCUT2D eigenvalue weighted by Crippen LogP contribution is 2.20. The second kappa shape index (κ2) is 9.84. The molecule has 0 spiro atoms. The second-order valence-corrected chi connectivity index (χ2v) is 5.48. The van der Waals surface area contributed by atoms with Gasteiger partial charge in [-0.05, 0) is 24.3 Å². The van der Waals surface area contributed by atoms with Gasteiger partial charge in [0, 0.05) is 18.8 Å². The van der Waals surface area contributed by atoms with Gasteiger partial charge in [0.2, 0.25) is 0 Å². The van der Waals surface area contributed by atoms with Gasteiger partial charge in [-0.25, -0.2) is 0 Å². The van der Waals surface area contributed by atoms with E-state index in [-0.39, 0.29) is 18.4 Å². The number of para-hydroxylation sites is 2. The molecule has 0 aliphatic heterocycles. The Morgan fingerprint density at radius 3 is 2.23 bits per heavy atom. The molecular weight excluding hydrogens is 328 g/mol. The molecule has 0 aliphatic rings. The molecule has 0 heterocycles. The molecule has 5 nitrogen and oxygen atoms in total. The van der Waals surface area contributed by atoms with E-state index in [0.717, 1.165) is 0 Å². The number of nitrogens with zero attached hydrogens (tertiary/aromatic N) is 1. The summed E-state index contributed by atoms with van der Waals surface area (Å²) in [6.07, 6.45) is 3.28. The average molecular weight is 350 g/mol. The highest BCUT2D eigenvalue weighted by molar-refractivity contribution is 6.06. The maximum Gasteiger partial charge on any atom is 0.261 e. The number of rotatable bonds is 9. The molecule has 2 amide bonds. The van der Waals surface area contributed by atoms with Crippen LogP contribution in [-0.4, -0.2) is 36.4 Å². The maximum absolute atomic E-state index is 12.5. The van der Waals surface area contributed by atoms with Crippen LogP contribution in [0.1, 0.15) is 10.4 Å². The fourth-order valence-corrected chi connectivity index (χ4v) is 2.32. The summed E-state index contributed by atoms with van der Waals surface area (Å²) in [5.41, 5.74) is 1.05. The summed E-state index contributed by atoms with van der Waals surface area (Å²) >= 11 is 0. The van der Waals surface area contributed by atoms with E-state index in [0.29, 0.717) is 30.1 Å². The van der Waals surface area contributed by atoms with Crippen LogP contribution in [-0.2, 0) is 4.79 Å². The van der Waals surface area contributed by atoms with Crippen LogP contribution in [0.5, 0.6) is 5.75 Å². The summed E-state index contributed by atoms with van der Waals surface area (Å²) in [5.74, 6) is -0.150. The van der Waals surface area contributed by atoms with Crippen molar-refractivity contribution >= 4 is 17.5 Å². The summed E-state index contributed by atoms with van der Waals surface area (Å²) in [6.45, 7) is 7.92. The predicted octanol–water partition coefficient (Wildman–Crippen LogP) is 3.52. The van der Waals surface area contributed by atoms with Crippen molar-refractivity contribution in [3.63, 3.8) is 0 Å². The zero-order chi connectivity index (χ0) is 18.8. The zero-order valence-corrected chi connectivity index (χ0v) is 14.6. The lowest BCUT2D eigenvalue weighted by Crippen LogP contribution is -2.35. The number of anilines is 1. The van der Waals surface area contributed by atoms with E-state index in [1.807, 2.05) is 18.2 Å². The van der Waals surface area contributed by atoms with E-state index in [4.69, 9.17) is 4.74 Å². The van der Waals surface area contributed by atoms with Gasteiger partial charge in [0.15, 0.2) is 6.61 Å². The SMILES string of the molecule is C=CCN(CC=C)C(=O)COc1ccccc1C(=O)Nc1ccccc1. The first-order valence-corrected chi connectivity index (χ1v) is 8.23. The van der Waals surface area contributed by atoms with E-state index >= 15 is 0 Å². The van der Waals surface area contributed by atoms with Crippen molar-refractivity contribution in [2.75, 3.05) is 25.0 Å². The van der Waals surface area contributed by atoms with Crippen LogP contribution in [0.15, 0.2) is 79.9 Å². The molecule has 2 aromatic rings. The molecule has 0 saturated carbocycles. The first kappa shape index (κ1) is 19.0. The minimum Gasteiger partial charge on any atom is -0.483 e. The van der Waals surface area contributed by atoms with Crippen LogP contribution in [0, 0.1) is 0 Å². The molecule has 2 rings (SSSR count). The highest BCUT2D eigenvalue weighted by Gasteiger charge is 2.16. The normalized spacial score (nSPS) is 9.85. The Kier molecular flexibility index (Phi) is 7.18. The van der Waals surface area contributed by atoms with E-state index < -0.39 is 0 Å². The van der Waals surface area contributed by atoms with E-state index in [1.54, 1.807) is 53.5 Å². The van der Waals surface area contributed by atoms with E-state index in [9.17, 15) is 9.59 Å². The standard InChI is InChI=1S/C21H22N2O3/c1-3-14-23(15-4-2)20(24)16-26-19-13-9-8-12-18(19)21(25)22-17-10-6-5-7-11-17/h3-13H,1-2,14-16H2,(H,22,25). The first-order chi connectivity index (χ1) is 12.7. The van der Waals surface area contributed by atoms with Crippen LogP contribution >= 0.6 is 0 Å². The molecule has 0 aromatic heterocycles. The number of hydrogen-bond acceptors (Lipinski definition) is 3. The third kappa shape index (κ3) is 5.34. The Balaban J connectivity index is 2.06.